The zero-order valence-electron chi connectivity index (χ0n) is 12.5. The summed E-state index contributed by atoms with van der Waals surface area (Å²) < 4.78 is 28.0. The lowest BCUT2D eigenvalue weighted by atomic mass is 10.1. The number of amides is 1. The molecule has 3 nitrogen and oxygen atoms in total. The van der Waals surface area contributed by atoms with E-state index in [2.05, 4.69) is 0 Å². The molecule has 1 amide bonds. The van der Waals surface area contributed by atoms with E-state index in [1.165, 1.54) is 0 Å². The highest BCUT2D eigenvalue weighted by atomic mass is 19.1. The van der Waals surface area contributed by atoms with Gasteiger partial charge in [0.1, 0.15) is 11.4 Å². The molecule has 1 aromatic carbocycles. The van der Waals surface area contributed by atoms with Crippen molar-refractivity contribution in [2.45, 2.75) is 45.6 Å². The van der Waals surface area contributed by atoms with Crippen LogP contribution in [0.5, 0.6) is 0 Å². The van der Waals surface area contributed by atoms with Crippen molar-refractivity contribution in [1.29, 1.82) is 0 Å². The number of hydrogen-bond acceptors (Lipinski definition) is 2. The first-order chi connectivity index (χ1) is 9.91. The Hall–Kier alpha value is -1.65. The second kappa shape index (κ2) is 6.41. The average Bonchev–Trinajstić information content (AvgIpc) is 2.94. The van der Waals surface area contributed by atoms with Gasteiger partial charge in [0.2, 0.25) is 0 Å². The second-order valence-corrected chi connectivity index (χ2v) is 6.12. The molecule has 0 aliphatic heterocycles. The monoisotopic (exact) mass is 296 g/mol. The van der Waals surface area contributed by atoms with Crippen LogP contribution in [0.1, 0.15) is 49.9 Å². The van der Waals surface area contributed by atoms with Crippen molar-refractivity contribution in [2.24, 2.45) is 5.92 Å². The molecule has 21 heavy (non-hydrogen) atoms. The Morgan fingerprint density at radius 3 is 2.52 bits per heavy atom. The first-order valence-electron chi connectivity index (χ1n) is 7.46. The van der Waals surface area contributed by atoms with Crippen molar-refractivity contribution in [1.82, 2.24) is 4.90 Å². The summed E-state index contributed by atoms with van der Waals surface area (Å²) in [5.41, 5.74) is 4.75. The molecule has 0 bridgehead atoms. The molecule has 0 radical (unpaired) electrons. The fourth-order valence-corrected chi connectivity index (χ4v) is 2.92. The normalized spacial score (nSPS) is 15.7. The number of halogens is 2. The van der Waals surface area contributed by atoms with Crippen LogP contribution in [0.25, 0.3) is 0 Å². The third kappa shape index (κ3) is 3.34. The fraction of sp³-hybridized carbons (Fsp3) is 0.562. The number of benzene rings is 1. The lowest BCUT2D eigenvalue weighted by Crippen LogP contribution is -2.42. The predicted octanol–water partition coefficient (Wildman–Crippen LogP) is 3.59. The predicted molar refractivity (Wildman–Crippen MR) is 78.9 cm³/mol. The highest BCUT2D eigenvalue weighted by Gasteiger charge is 2.31. The Morgan fingerprint density at radius 1 is 1.33 bits per heavy atom. The standard InChI is InChI=1S/C16H22F2N2O/c1-10(2)9-20(11-5-3-4-6-11)16(21)14-12(17)7-8-13(19)15(14)18/h7-8,10-11H,3-6,9,19H2,1-2H3. The van der Waals surface area contributed by atoms with Crippen LogP contribution in [0, 0.1) is 17.6 Å². The van der Waals surface area contributed by atoms with E-state index in [4.69, 9.17) is 5.73 Å². The zero-order valence-corrected chi connectivity index (χ0v) is 12.5. The Balaban J connectivity index is 2.36. The molecular weight excluding hydrogens is 274 g/mol. The van der Waals surface area contributed by atoms with Gasteiger partial charge in [0, 0.05) is 12.6 Å². The topological polar surface area (TPSA) is 46.3 Å². The van der Waals surface area contributed by atoms with Crippen LogP contribution in [0.2, 0.25) is 0 Å². The first kappa shape index (κ1) is 15.7. The average molecular weight is 296 g/mol. The smallest absolute Gasteiger partial charge is 0.260 e. The summed E-state index contributed by atoms with van der Waals surface area (Å²) in [4.78, 5) is 14.3. The fourth-order valence-electron chi connectivity index (χ4n) is 2.92. The molecule has 116 valence electrons. The summed E-state index contributed by atoms with van der Waals surface area (Å²) in [6.45, 7) is 4.47. The molecule has 5 heteroatoms. The van der Waals surface area contributed by atoms with Gasteiger partial charge in [0.05, 0.1) is 5.69 Å². The molecule has 2 N–H and O–H groups in total. The SMILES string of the molecule is CC(C)CN(C(=O)c1c(F)ccc(N)c1F)C1CCCC1. The summed E-state index contributed by atoms with van der Waals surface area (Å²) in [5, 5.41) is 0. The largest absolute Gasteiger partial charge is 0.396 e. The first-order valence-corrected chi connectivity index (χ1v) is 7.46. The molecule has 1 aliphatic carbocycles. The van der Waals surface area contributed by atoms with Crippen molar-refractivity contribution in [3.05, 3.63) is 29.3 Å². The van der Waals surface area contributed by atoms with Crippen molar-refractivity contribution in [3.63, 3.8) is 0 Å². The van der Waals surface area contributed by atoms with Gasteiger partial charge in [0.15, 0.2) is 5.82 Å². The number of nitrogen functional groups attached to an aromatic ring is 1. The maximum atomic E-state index is 14.1. The minimum absolute atomic E-state index is 0.0696. The van der Waals surface area contributed by atoms with Gasteiger partial charge in [-0.2, -0.15) is 0 Å². The van der Waals surface area contributed by atoms with Gasteiger partial charge in [0.25, 0.3) is 5.91 Å². The van der Waals surface area contributed by atoms with E-state index in [0.717, 1.165) is 37.8 Å². The minimum atomic E-state index is -0.952. The van der Waals surface area contributed by atoms with Crippen LogP contribution in [-0.2, 0) is 0 Å². The van der Waals surface area contributed by atoms with E-state index in [1.807, 2.05) is 13.8 Å². The number of rotatable bonds is 4. The number of carbonyl (C=O) groups is 1. The molecule has 0 unspecified atom stereocenters. The lowest BCUT2D eigenvalue weighted by Gasteiger charge is -2.31. The van der Waals surface area contributed by atoms with Crippen LogP contribution in [-0.4, -0.2) is 23.4 Å². The Bertz CT molecular complexity index is 525. The van der Waals surface area contributed by atoms with Crippen molar-refractivity contribution >= 4 is 11.6 Å². The van der Waals surface area contributed by atoms with Gasteiger partial charge in [-0.25, -0.2) is 8.78 Å². The van der Waals surface area contributed by atoms with Crippen LogP contribution < -0.4 is 5.73 Å². The van der Waals surface area contributed by atoms with Crippen molar-refractivity contribution in [3.8, 4) is 0 Å². The van der Waals surface area contributed by atoms with E-state index in [-0.39, 0.29) is 17.6 Å². The molecule has 1 aromatic rings. The number of nitrogens with two attached hydrogens (primary N) is 1. The van der Waals surface area contributed by atoms with Crippen LogP contribution in [0.3, 0.4) is 0 Å². The molecule has 0 aromatic heterocycles. The third-order valence-corrected chi connectivity index (χ3v) is 3.92. The number of hydrogen-bond donors (Lipinski definition) is 1. The Labute approximate surface area is 124 Å². The van der Waals surface area contributed by atoms with E-state index in [1.54, 1.807) is 4.90 Å². The summed E-state index contributed by atoms with van der Waals surface area (Å²) in [6, 6.07) is 2.26. The molecule has 0 saturated heterocycles. The molecule has 0 spiro atoms. The second-order valence-electron chi connectivity index (χ2n) is 6.12. The summed E-state index contributed by atoms with van der Waals surface area (Å²) >= 11 is 0. The van der Waals surface area contributed by atoms with Crippen LogP contribution >= 0.6 is 0 Å². The summed E-state index contributed by atoms with van der Waals surface area (Å²) in [6.07, 6.45) is 3.89. The number of anilines is 1. The molecule has 1 fully saturated rings. The van der Waals surface area contributed by atoms with Gasteiger partial charge >= 0.3 is 0 Å². The maximum Gasteiger partial charge on any atom is 0.260 e. The van der Waals surface area contributed by atoms with E-state index in [0.29, 0.717) is 6.54 Å². The third-order valence-electron chi connectivity index (χ3n) is 3.92. The number of nitrogens with zero attached hydrogens (tertiary/aromatic N) is 1. The Kier molecular flexibility index (Phi) is 4.80. The van der Waals surface area contributed by atoms with Gasteiger partial charge in [-0.3, -0.25) is 4.79 Å². The molecule has 0 heterocycles. The Morgan fingerprint density at radius 2 is 1.95 bits per heavy atom. The highest BCUT2D eigenvalue weighted by molar-refractivity contribution is 5.96. The molecular formula is C16H22F2N2O. The zero-order chi connectivity index (χ0) is 15.6. The molecule has 1 aliphatic rings. The van der Waals surface area contributed by atoms with Gasteiger partial charge in [-0.1, -0.05) is 26.7 Å². The quantitative estimate of drug-likeness (QED) is 0.863. The van der Waals surface area contributed by atoms with Gasteiger partial charge in [-0.05, 0) is 30.9 Å². The minimum Gasteiger partial charge on any atom is -0.396 e. The molecule has 2 rings (SSSR count). The maximum absolute atomic E-state index is 14.1. The van der Waals surface area contributed by atoms with E-state index >= 15 is 0 Å². The van der Waals surface area contributed by atoms with E-state index < -0.39 is 23.1 Å². The molecule has 1 saturated carbocycles. The highest BCUT2D eigenvalue weighted by Crippen LogP contribution is 2.28. The lowest BCUT2D eigenvalue weighted by molar-refractivity contribution is 0.0645. The van der Waals surface area contributed by atoms with Crippen LogP contribution in [0.4, 0.5) is 14.5 Å². The van der Waals surface area contributed by atoms with E-state index in [9.17, 15) is 13.6 Å². The van der Waals surface area contributed by atoms with Gasteiger partial charge < -0.3 is 10.6 Å². The van der Waals surface area contributed by atoms with Crippen molar-refractivity contribution < 1.29 is 13.6 Å². The van der Waals surface area contributed by atoms with Crippen molar-refractivity contribution in [2.75, 3.05) is 12.3 Å². The molecule has 0 atom stereocenters. The van der Waals surface area contributed by atoms with Gasteiger partial charge in [-0.15, -0.1) is 0 Å². The van der Waals surface area contributed by atoms with Crippen LogP contribution in [0.15, 0.2) is 12.1 Å². The summed E-state index contributed by atoms with van der Waals surface area (Å²) in [7, 11) is 0. The summed E-state index contributed by atoms with van der Waals surface area (Å²) in [5.74, 6) is -2.15. The number of carbonyl (C=O) groups excluding carboxylic acids is 1.